The molecule has 0 aliphatic heterocycles. The van der Waals surface area contributed by atoms with Crippen molar-refractivity contribution in [1.29, 1.82) is 0 Å². The van der Waals surface area contributed by atoms with E-state index < -0.39 is 5.97 Å². The van der Waals surface area contributed by atoms with Crippen molar-refractivity contribution in [2.24, 2.45) is 0 Å². The summed E-state index contributed by atoms with van der Waals surface area (Å²) in [5.41, 5.74) is 0.500. The van der Waals surface area contributed by atoms with E-state index in [4.69, 9.17) is 18.6 Å². The van der Waals surface area contributed by atoms with Crippen LogP contribution in [-0.4, -0.2) is 26.8 Å². The van der Waals surface area contributed by atoms with Crippen LogP contribution in [0.4, 0.5) is 0 Å². The molecule has 0 radical (unpaired) electrons. The van der Waals surface area contributed by atoms with E-state index in [-0.39, 0.29) is 5.76 Å². The molecule has 5 heteroatoms. The van der Waals surface area contributed by atoms with Gasteiger partial charge in [0.2, 0.25) is 0 Å². The van der Waals surface area contributed by atoms with E-state index in [1.165, 1.54) is 39.2 Å². The number of ether oxygens (including phenoxy) is 3. The van der Waals surface area contributed by atoms with Crippen LogP contribution in [0.5, 0.6) is 11.5 Å². The minimum Gasteiger partial charge on any atom is -0.493 e. The summed E-state index contributed by atoms with van der Waals surface area (Å²) in [4.78, 5) is 12.0. The molecule has 0 bridgehead atoms. The Morgan fingerprint density at radius 2 is 1.76 bits per heavy atom. The summed E-state index contributed by atoms with van der Waals surface area (Å²) < 4.78 is 21.7. The number of rotatable bonds is 11. The fraction of sp³-hybridized carbons (Fsp3) is 0.550. The van der Waals surface area contributed by atoms with Gasteiger partial charge in [-0.2, -0.15) is 0 Å². The Balaban J connectivity index is 2.02. The molecule has 2 aromatic rings. The maximum absolute atomic E-state index is 12.0. The molecule has 1 heterocycles. The fourth-order valence-electron chi connectivity index (χ4n) is 2.84. The molecule has 1 aromatic carbocycles. The van der Waals surface area contributed by atoms with Crippen LogP contribution >= 0.6 is 0 Å². The van der Waals surface area contributed by atoms with Crippen LogP contribution in [0.1, 0.15) is 62.4 Å². The minimum absolute atomic E-state index is 0.0879. The lowest BCUT2D eigenvalue weighted by molar-refractivity contribution is 0.0561. The van der Waals surface area contributed by atoms with Crippen molar-refractivity contribution in [3.63, 3.8) is 0 Å². The highest BCUT2D eigenvalue weighted by atomic mass is 16.5. The number of furan rings is 1. The molecule has 2 rings (SSSR count). The van der Waals surface area contributed by atoms with Gasteiger partial charge in [-0.05, 0) is 18.6 Å². The van der Waals surface area contributed by atoms with Gasteiger partial charge in [0, 0.05) is 0 Å². The zero-order chi connectivity index (χ0) is 18.1. The molecule has 0 saturated carbocycles. The average Bonchev–Trinajstić information content (AvgIpc) is 3.02. The van der Waals surface area contributed by atoms with Gasteiger partial charge >= 0.3 is 5.97 Å². The molecule has 0 unspecified atom stereocenters. The molecule has 0 atom stereocenters. The van der Waals surface area contributed by atoms with E-state index in [1.807, 2.05) is 12.1 Å². The summed E-state index contributed by atoms with van der Waals surface area (Å²) in [6.07, 6.45) is 8.42. The Morgan fingerprint density at radius 1 is 1.04 bits per heavy atom. The number of carbonyl (C=O) groups is 1. The fourth-order valence-corrected chi connectivity index (χ4v) is 2.84. The van der Waals surface area contributed by atoms with Crippen LogP contribution in [0.3, 0.4) is 0 Å². The number of fused-ring (bicyclic) bond motifs is 1. The van der Waals surface area contributed by atoms with E-state index in [9.17, 15) is 4.79 Å². The van der Waals surface area contributed by atoms with Crippen LogP contribution in [0.25, 0.3) is 11.0 Å². The van der Waals surface area contributed by atoms with E-state index in [0.717, 1.165) is 18.2 Å². The van der Waals surface area contributed by atoms with Crippen LogP contribution in [0, 0.1) is 0 Å². The van der Waals surface area contributed by atoms with Gasteiger partial charge in [-0.1, -0.05) is 51.5 Å². The highest BCUT2D eigenvalue weighted by Crippen LogP contribution is 2.38. The van der Waals surface area contributed by atoms with E-state index >= 15 is 0 Å². The normalized spacial score (nSPS) is 10.8. The van der Waals surface area contributed by atoms with Crippen molar-refractivity contribution in [1.82, 2.24) is 0 Å². The number of hydrogen-bond acceptors (Lipinski definition) is 5. The van der Waals surface area contributed by atoms with E-state index in [2.05, 4.69) is 6.92 Å². The molecule has 0 spiro atoms. The number of hydrogen-bond donors (Lipinski definition) is 0. The Kier molecular flexibility index (Phi) is 7.64. The topological polar surface area (TPSA) is 57.9 Å². The molecular weight excluding hydrogens is 320 g/mol. The lowest BCUT2D eigenvalue weighted by atomic mass is 10.1. The van der Waals surface area contributed by atoms with Crippen molar-refractivity contribution in [3.05, 3.63) is 24.0 Å². The smallest absolute Gasteiger partial charge is 0.377 e. The number of methoxy groups -OCH3 is 2. The van der Waals surface area contributed by atoms with Gasteiger partial charge in [0.15, 0.2) is 17.1 Å². The minimum atomic E-state index is -0.548. The monoisotopic (exact) mass is 348 g/mol. The van der Waals surface area contributed by atoms with Crippen LogP contribution < -0.4 is 9.47 Å². The first-order valence-corrected chi connectivity index (χ1v) is 9.03. The van der Waals surface area contributed by atoms with Gasteiger partial charge in [0.05, 0.1) is 26.2 Å². The Morgan fingerprint density at radius 3 is 2.44 bits per heavy atom. The number of unbranched alkanes of at least 4 members (excludes halogenated alkanes) is 6. The molecule has 0 aliphatic rings. The van der Waals surface area contributed by atoms with Gasteiger partial charge in [0.1, 0.15) is 0 Å². The first-order valence-electron chi connectivity index (χ1n) is 9.03. The molecule has 0 saturated heterocycles. The third kappa shape index (κ3) is 4.91. The number of carbonyl (C=O) groups excluding carboxylic acids is 1. The van der Waals surface area contributed by atoms with Crippen LogP contribution in [0.2, 0.25) is 0 Å². The van der Waals surface area contributed by atoms with Crippen LogP contribution in [0.15, 0.2) is 22.6 Å². The van der Waals surface area contributed by atoms with Gasteiger partial charge in [-0.3, -0.25) is 0 Å². The summed E-state index contributed by atoms with van der Waals surface area (Å²) in [5, 5.41) is 0.725. The third-order valence-electron chi connectivity index (χ3n) is 4.22. The Bertz CT molecular complexity index is 674. The maximum Gasteiger partial charge on any atom is 0.377 e. The maximum atomic E-state index is 12.0. The second-order valence-corrected chi connectivity index (χ2v) is 6.06. The lowest BCUT2D eigenvalue weighted by Crippen LogP contribution is -2.04. The number of esters is 1. The largest absolute Gasteiger partial charge is 0.493 e. The van der Waals surface area contributed by atoms with Crippen molar-refractivity contribution < 1.29 is 23.4 Å². The molecule has 0 N–H and O–H groups in total. The molecule has 25 heavy (non-hydrogen) atoms. The molecule has 0 fully saturated rings. The summed E-state index contributed by atoms with van der Waals surface area (Å²) in [6.45, 7) is 2.76. The number of para-hydroxylation sites is 1. The summed E-state index contributed by atoms with van der Waals surface area (Å²) >= 11 is 0. The SMILES string of the molecule is CCCCCCCCCOc1c(C(=O)OC)oc2c(OC)cccc12. The first-order chi connectivity index (χ1) is 12.2. The molecule has 1 aromatic heterocycles. The first kappa shape index (κ1) is 19.2. The zero-order valence-corrected chi connectivity index (χ0v) is 15.4. The van der Waals surface area contributed by atoms with Crippen molar-refractivity contribution in [3.8, 4) is 11.5 Å². The molecule has 5 nitrogen and oxygen atoms in total. The van der Waals surface area contributed by atoms with E-state index in [1.54, 1.807) is 13.2 Å². The zero-order valence-electron chi connectivity index (χ0n) is 15.4. The van der Waals surface area contributed by atoms with Crippen molar-refractivity contribution in [2.75, 3.05) is 20.8 Å². The highest BCUT2D eigenvalue weighted by molar-refractivity contribution is 6.00. The molecule has 0 amide bonds. The summed E-state index contributed by atoms with van der Waals surface area (Å²) in [5.74, 6) is 0.540. The summed E-state index contributed by atoms with van der Waals surface area (Å²) in [7, 11) is 2.89. The second kappa shape index (κ2) is 9.97. The second-order valence-electron chi connectivity index (χ2n) is 6.06. The predicted molar refractivity (Wildman–Crippen MR) is 97.6 cm³/mol. The van der Waals surface area contributed by atoms with Crippen molar-refractivity contribution in [2.45, 2.75) is 51.9 Å². The Hall–Kier alpha value is -2.17. The van der Waals surface area contributed by atoms with Gasteiger partial charge in [-0.25, -0.2) is 4.79 Å². The lowest BCUT2D eigenvalue weighted by Gasteiger charge is -2.06. The Labute approximate surface area is 149 Å². The number of benzene rings is 1. The standard InChI is InChI=1S/C20H28O5/c1-4-5-6-7-8-9-10-14-24-18-15-12-11-13-16(22-2)17(15)25-19(18)20(21)23-3/h11-13H,4-10,14H2,1-3H3. The predicted octanol–water partition coefficient (Wildman–Crippen LogP) is 5.36. The quantitative estimate of drug-likeness (QED) is 0.404. The van der Waals surface area contributed by atoms with Gasteiger partial charge in [-0.15, -0.1) is 0 Å². The van der Waals surface area contributed by atoms with E-state index in [0.29, 0.717) is 23.7 Å². The molecule has 138 valence electrons. The summed E-state index contributed by atoms with van der Waals surface area (Å²) in [6, 6.07) is 5.49. The molecule has 0 aliphatic carbocycles. The van der Waals surface area contributed by atoms with Crippen molar-refractivity contribution >= 4 is 16.9 Å². The highest BCUT2D eigenvalue weighted by Gasteiger charge is 2.24. The van der Waals surface area contributed by atoms with Gasteiger partial charge < -0.3 is 18.6 Å². The van der Waals surface area contributed by atoms with Gasteiger partial charge in [0.25, 0.3) is 5.76 Å². The third-order valence-corrected chi connectivity index (χ3v) is 4.22. The molecular formula is C20H28O5. The average molecular weight is 348 g/mol. The van der Waals surface area contributed by atoms with Crippen LogP contribution in [-0.2, 0) is 4.74 Å².